The fraction of sp³-hybridized carbons (Fsp3) is 0.650. The number of aryl methyl sites for hydroxylation is 1. The summed E-state index contributed by atoms with van der Waals surface area (Å²) in [5.74, 6) is 0.267. The zero-order valence-corrected chi connectivity index (χ0v) is 19.2. The van der Waals surface area contributed by atoms with Crippen molar-refractivity contribution < 1.29 is 17.6 Å². The molecule has 0 saturated heterocycles. The van der Waals surface area contributed by atoms with Crippen LogP contribution >= 0.6 is 0 Å². The van der Waals surface area contributed by atoms with Gasteiger partial charge in [-0.15, -0.1) is 0 Å². The van der Waals surface area contributed by atoms with Crippen molar-refractivity contribution in [3.63, 3.8) is 0 Å². The number of carbonyl (C=O) groups excluding carboxylic acids is 1. The Morgan fingerprint density at radius 3 is 2.26 bits per heavy atom. The van der Waals surface area contributed by atoms with Gasteiger partial charge in [-0.3, -0.25) is 4.79 Å². The number of rotatable bonds is 8. The number of ketones is 1. The fourth-order valence-corrected chi connectivity index (χ4v) is 5.24. The van der Waals surface area contributed by atoms with Crippen molar-refractivity contribution in [1.29, 1.82) is 0 Å². The summed E-state index contributed by atoms with van der Waals surface area (Å²) in [4.78, 5) is 12.0. The van der Waals surface area contributed by atoms with Gasteiger partial charge in [0.1, 0.15) is 5.78 Å². The molecule has 5 nitrogen and oxygen atoms in total. The third-order valence-corrected chi connectivity index (χ3v) is 11.8. The molecule has 7 heteroatoms. The largest absolute Gasteiger partial charge is 0.413 e. The van der Waals surface area contributed by atoms with E-state index < -0.39 is 18.3 Å². The van der Waals surface area contributed by atoms with Crippen molar-refractivity contribution in [2.24, 2.45) is 5.92 Å². The zero-order valence-electron chi connectivity index (χ0n) is 17.3. The van der Waals surface area contributed by atoms with E-state index in [4.69, 9.17) is 4.43 Å². The Balaban J connectivity index is 2.11. The quantitative estimate of drug-likeness (QED) is 0.656. The summed E-state index contributed by atoms with van der Waals surface area (Å²) in [5.41, 5.74) is 1.01. The van der Waals surface area contributed by atoms with Crippen LogP contribution in [0.25, 0.3) is 0 Å². The zero-order chi connectivity index (χ0) is 20.5. The number of nitrogens with one attached hydrogen (secondary N) is 1. The minimum absolute atomic E-state index is 0.00338. The van der Waals surface area contributed by atoms with Crippen LogP contribution in [0.4, 0.5) is 0 Å². The van der Waals surface area contributed by atoms with Crippen molar-refractivity contribution in [2.45, 2.75) is 76.1 Å². The van der Waals surface area contributed by atoms with E-state index in [1.165, 1.54) is 0 Å². The lowest BCUT2D eigenvalue weighted by molar-refractivity contribution is -0.130. The van der Waals surface area contributed by atoms with Crippen molar-refractivity contribution >= 4 is 24.1 Å². The van der Waals surface area contributed by atoms with Crippen LogP contribution in [0.3, 0.4) is 0 Å². The topological polar surface area (TPSA) is 72.5 Å². The molecule has 27 heavy (non-hydrogen) atoms. The fourth-order valence-electron chi connectivity index (χ4n) is 2.80. The molecule has 0 bridgehead atoms. The van der Waals surface area contributed by atoms with Gasteiger partial charge in [0.25, 0.3) is 0 Å². The Bertz CT molecular complexity index is 766. The maximum atomic E-state index is 12.6. The van der Waals surface area contributed by atoms with E-state index in [1.807, 2.05) is 6.92 Å². The number of hydrogen-bond donors (Lipinski definition) is 1. The Hall–Kier alpha value is -1.02. The van der Waals surface area contributed by atoms with Crippen LogP contribution in [-0.2, 0) is 19.2 Å². The second kappa shape index (κ2) is 8.15. The van der Waals surface area contributed by atoms with E-state index in [-0.39, 0.29) is 34.3 Å². The van der Waals surface area contributed by atoms with Crippen LogP contribution in [0.2, 0.25) is 18.1 Å². The molecule has 2 rings (SSSR count). The summed E-state index contributed by atoms with van der Waals surface area (Å²) < 4.78 is 34.4. The second-order valence-electron chi connectivity index (χ2n) is 9.10. The standard InChI is InChI=1S/C20H33NO4SSi/c1-15-7-10-18(11-8-15)26(23,24)21-14-17(13-16-9-12-19(16)22)25-27(5,6)20(2,3)4/h7-8,10-11,16-17,21H,9,12-14H2,1-6H3/t16?,17-/m1/s1. The van der Waals surface area contributed by atoms with E-state index in [9.17, 15) is 13.2 Å². The van der Waals surface area contributed by atoms with E-state index in [0.29, 0.717) is 12.8 Å². The highest BCUT2D eigenvalue weighted by Gasteiger charge is 2.41. The molecule has 1 aliphatic carbocycles. The number of sulfonamides is 1. The molecule has 1 aromatic rings. The Morgan fingerprint density at radius 1 is 1.22 bits per heavy atom. The van der Waals surface area contributed by atoms with Crippen LogP contribution < -0.4 is 4.72 Å². The first kappa shape index (κ1) is 22.3. The molecule has 2 atom stereocenters. The lowest BCUT2D eigenvalue weighted by atomic mass is 9.80. The molecule has 152 valence electrons. The minimum Gasteiger partial charge on any atom is -0.413 e. The van der Waals surface area contributed by atoms with E-state index in [0.717, 1.165) is 12.0 Å². The smallest absolute Gasteiger partial charge is 0.240 e. The summed E-state index contributed by atoms with van der Waals surface area (Å²) >= 11 is 0. The van der Waals surface area contributed by atoms with Gasteiger partial charge in [-0.05, 0) is 50.0 Å². The van der Waals surface area contributed by atoms with Gasteiger partial charge in [0.05, 0.1) is 11.0 Å². The summed E-state index contributed by atoms with van der Waals surface area (Å²) in [6, 6.07) is 6.78. The molecular formula is C20H33NO4SSi. The van der Waals surface area contributed by atoms with Gasteiger partial charge in [0.15, 0.2) is 8.32 Å². The minimum atomic E-state index is -3.60. The molecule has 0 aromatic heterocycles. The van der Waals surface area contributed by atoms with Gasteiger partial charge in [-0.1, -0.05) is 38.5 Å². The molecule has 1 N–H and O–H groups in total. The molecule has 1 aromatic carbocycles. The first-order valence-electron chi connectivity index (χ1n) is 9.59. The van der Waals surface area contributed by atoms with Crippen LogP contribution in [0.15, 0.2) is 29.2 Å². The van der Waals surface area contributed by atoms with Gasteiger partial charge >= 0.3 is 0 Å². The average molecular weight is 412 g/mol. The van der Waals surface area contributed by atoms with Gasteiger partial charge in [-0.25, -0.2) is 13.1 Å². The van der Waals surface area contributed by atoms with Crippen LogP contribution in [0.1, 0.15) is 45.6 Å². The van der Waals surface area contributed by atoms with Crippen LogP contribution in [-0.4, -0.2) is 35.2 Å². The molecule has 0 heterocycles. The van der Waals surface area contributed by atoms with Gasteiger partial charge in [0, 0.05) is 18.9 Å². The van der Waals surface area contributed by atoms with E-state index in [1.54, 1.807) is 24.3 Å². The monoisotopic (exact) mass is 411 g/mol. The van der Waals surface area contributed by atoms with Crippen molar-refractivity contribution in [2.75, 3.05) is 6.54 Å². The molecule has 0 radical (unpaired) electrons. The SMILES string of the molecule is Cc1ccc(S(=O)(=O)NC[C@@H](CC2CCC2=O)O[Si](C)(C)C(C)(C)C)cc1. The molecule has 0 spiro atoms. The van der Waals surface area contributed by atoms with Crippen LogP contribution in [0.5, 0.6) is 0 Å². The summed E-state index contributed by atoms with van der Waals surface area (Å²) in [7, 11) is -5.68. The first-order chi connectivity index (χ1) is 12.3. The van der Waals surface area contributed by atoms with E-state index >= 15 is 0 Å². The lowest BCUT2D eigenvalue weighted by Crippen LogP contribution is -2.48. The molecule has 1 saturated carbocycles. The lowest BCUT2D eigenvalue weighted by Gasteiger charge is -2.40. The highest BCUT2D eigenvalue weighted by molar-refractivity contribution is 7.89. The Kier molecular flexibility index (Phi) is 6.72. The van der Waals surface area contributed by atoms with E-state index in [2.05, 4.69) is 38.6 Å². The summed E-state index contributed by atoms with van der Waals surface area (Å²) in [6.07, 6.45) is 1.80. The first-order valence-corrected chi connectivity index (χ1v) is 14.0. The Morgan fingerprint density at radius 2 is 1.81 bits per heavy atom. The number of Topliss-reactive ketones (excluding diaryl/α,β-unsaturated/α-hetero) is 1. The highest BCUT2D eigenvalue weighted by atomic mass is 32.2. The van der Waals surface area contributed by atoms with Gasteiger partial charge < -0.3 is 4.43 Å². The number of carbonyl (C=O) groups is 1. The van der Waals surface area contributed by atoms with Crippen molar-refractivity contribution in [1.82, 2.24) is 4.72 Å². The second-order valence-corrected chi connectivity index (χ2v) is 15.6. The highest BCUT2D eigenvalue weighted by Crippen LogP contribution is 2.38. The molecule has 1 unspecified atom stereocenters. The third-order valence-electron chi connectivity index (χ3n) is 5.84. The number of hydrogen-bond acceptors (Lipinski definition) is 4. The molecule has 0 amide bonds. The molecule has 1 aliphatic rings. The maximum Gasteiger partial charge on any atom is 0.240 e. The van der Waals surface area contributed by atoms with Gasteiger partial charge in [0.2, 0.25) is 10.0 Å². The normalized spacial score (nSPS) is 19.6. The Labute approximate surface area is 165 Å². The summed E-state index contributed by atoms with van der Waals surface area (Å²) in [5, 5.41) is 0.0186. The van der Waals surface area contributed by atoms with Crippen LogP contribution in [0, 0.1) is 12.8 Å². The third kappa shape index (κ3) is 5.73. The predicted molar refractivity (Wildman–Crippen MR) is 111 cm³/mol. The van der Waals surface area contributed by atoms with Crippen molar-refractivity contribution in [3.05, 3.63) is 29.8 Å². The number of benzene rings is 1. The summed E-state index contributed by atoms with van der Waals surface area (Å²) in [6.45, 7) is 12.9. The average Bonchev–Trinajstić information content (AvgIpc) is 2.55. The predicted octanol–water partition coefficient (Wildman–Crippen LogP) is 4.03. The molecule has 0 aliphatic heterocycles. The van der Waals surface area contributed by atoms with Crippen molar-refractivity contribution in [3.8, 4) is 0 Å². The molecular weight excluding hydrogens is 378 g/mol. The van der Waals surface area contributed by atoms with Gasteiger partial charge in [-0.2, -0.15) is 0 Å². The molecule has 1 fully saturated rings. The maximum absolute atomic E-state index is 12.6.